The lowest BCUT2D eigenvalue weighted by atomic mass is 10.7. The number of ether oxygens (including phenoxy) is 1. The van der Waals surface area contributed by atoms with Gasteiger partial charge in [-0.1, -0.05) is 6.08 Å². The van der Waals surface area contributed by atoms with Gasteiger partial charge in [0.2, 0.25) is 0 Å². The van der Waals surface area contributed by atoms with Gasteiger partial charge in [-0.05, 0) is 0 Å². The molecule has 0 aliphatic rings. The Morgan fingerprint density at radius 1 is 1.67 bits per heavy atom. The van der Waals surface area contributed by atoms with Crippen LogP contribution < -0.4 is 0 Å². The lowest BCUT2D eigenvalue weighted by molar-refractivity contribution is -0.140. The predicted molar refractivity (Wildman–Crippen MR) is 46.7 cm³/mol. The van der Waals surface area contributed by atoms with Crippen LogP contribution in [0.3, 0.4) is 0 Å². The maximum absolute atomic E-state index is 10.9. The molecule has 0 spiro atoms. The third-order valence-corrected chi connectivity index (χ3v) is 2.07. The quantitative estimate of drug-likeness (QED) is 0.361. The van der Waals surface area contributed by atoms with E-state index in [1.807, 2.05) is 0 Å². The molecule has 0 heterocycles. The molecule has 0 aliphatic carbocycles. The third-order valence-electron chi connectivity index (χ3n) is 0.974. The first-order chi connectivity index (χ1) is 5.66. The molecule has 0 aromatic carbocycles. The SMILES string of the molecule is C=CCO[PH](=O)CCOC(C)=O. The lowest BCUT2D eigenvalue weighted by Crippen LogP contribution is -2.02. The second-order valence-corrected chi connectivity index (χ2v) is 3.59. The normalized spacial score (nSPS) is 12.1. The minimum Gasteiger partial charge on any atom is -0.465 e. The number of carbonyl (C=O) groups is 1. The number of carbonyl (C=O) groups excluding carboxylic acids is 1. The van der Waals surface area contributed by atoms with E-state index in [0.29, 0.717) is 0 Å². The highest BCUT2D eigenvalue weighted by Crippen LogP contribution is 2.20. The van der Waals surface area contributed by atoms with E-state index < -0.39 is 8.03 Å². The van der Waals surface area contributed by atoms with Gasteiger partial charge in [0.25, 0.3) is 0 Å². The molecule has 0 radical (unpaired) electrons. The molecular formula is C7H13O4P. The topological polar surface area (TPSA) is 52.6 Å². The summed E-state index contributed by atoms with van der Waals surface area (Å²) in [6, 6.07) is 0. The predicted octanol–water partition coefficient (Wildman–Crippen LogP) is 1.23. The van der Waals surface area contributed by atoms with E-state index in [0.717, 1.165) is 0 Å². The van der Waals surface area contributed by atoms with Crippen LogP contribution in [-0.2, 0) is 18.6 Å². The van der Waals surface area contributed by atoms with E-state index in [4.69, 9.17) is 4.52 Å². The monoisotopic (exact) mass is 192 g/mol. The standard InChI is InChI=1S/C7H13O4P/c1-3-4-11-12(9)6-5-10-7(2)8/h3,12H,1,4-6H2,2H3. The van der Waals surface area contributed by atoms with Crippen LogP contribution in [0.4, 0.5) is 0 Å². The molecule has 4 nitrogen and oxygen atoms in total. The van der Waals surface area contributed by atoms with Gasteiger partial charge in [0.05, 0.1) is 12.8 Å². The van der Waals surface area contributed by atoms with Gasteiger partial charge in [0.15, 0.2) is 8.03 Å². The van der Waals surface area contributed by atoms with E-state index >= 15 is 0 Å². The molecule has 0 fully saturated rings. The van der Waals surface area contributed by atoms with Crippen LogP contribution in [-0.4, -0.2) is 25.3 Å². The minimum atomic E-state index is -2.05. The van der Waals surface area contributed by atoms with Crippen molar-refractivity contribution < 1.29 is 18.6 Å². The van der Waals surface area contributed by atoms with Crippen molar-refractivity contribution in [2.75, 3.05) is 19.4 Å². The van der Waals surface area contributed by atoms with Crippen LogP contribution >= 0.6 is 8.03 Å². The summed E-state index contributed by atoms with van der Waals surface area (Å²) in [6.07, 6.45) is 1.80. The number of esters is 1. The van der Waals surface area contributed by atoms with Gasteiger partial charge < -0.3 is 9.26 Å². The Morgan fingerprint density at radius 2 is 2.33 bits per heavy atom. The zero-order chi connectivity index (χ0) is 9.40. The fourth-order valence-electron chi connectivity index (χ4n) is 0.502. The molecule has 0 bridgehead atoms. The molecule has 0 saturated heterocycles. The largest absolute Gasteiger partial charge is 0.465 e. The van der Waals surface area contributed by atoms with E-state index in [9.17, 15) is 9.36 Å². The first kappa shape index (κ1) is 11.4. The first-order valence-corrected chi connectivity index (χ1v) is 5.09. The summed E-state index contributed by atoms with van der Waals surface area (Å²) < 4.78 is 20.3. The van der Waals surface area contributed by atoms with Gasteiger partial charge in [0.1, 0.15) is 6.61 Å². The van der Waals surface area contributed by atoms with Crippen LogP contribution in [0.15, 0.2) is 12.7 Å². The summed E-state index contributed by atoms with van der Waals surface area (Å²) in [4.78, 5) is 10.3. The Balaban J connectivity index is 3.31. The molecular weight excluding hydrogens is 179 g/mol. The van der Waals surface area contributed by atoms with Crippen molar-refractivity contribution in [2.24, 2.45) is 0 Å². The Morgan fingerprint density at radius 3 is 2.83 bits per heavy atom. The average Bonchev–Trinajstić information content (AvgIpc) is 2.00. The van der Waals surface area contributed by atoms with Crippen molar-refractivity contribution in [2.45, 2.75) is 6.92 Å². The summed E-state index contributed by atoms with van der Waals surface area (Å²) in [5.41, 5.74) is 0. The summed E-state index contributed by atoms with van der Waals surface area (Å²) in [5.74, 6) is -0.367. The van der Waals surface area contributed by atoms with Gasteiger partial charge in [0, 0.05) is 6.92 Å². The molecule has 0 aromatic rings. The number of rotatable bonds is 6. The van der Waals surface area contributed by atoms with Crippen LogP contribution in [0.25, 0.3) is 0 Å². The third kappa shape index (κ3) is 7.51. The number of hydrogen-bond acceptors (Lipinski definition) is 4. The van der Waals surface area contributed by atoms with Crippen molar-refractivity contribution in [1.29, 1.82) is 0 Å². The van der Waals surface area contributed by atoms with Crippen molar-refractivity contribution in [3.8, 4) is 0 Å². The molecule has 0 N–H and O–H groups in total. The molecule has 0 aliphatic heterocycles. The highest BCUT2D eigenvalue weighted by molar-refractivity contribution is 7.39. The fourth-order valence-corrected chi connectivity index (χ4v) is 1.22. The van der Waals surface area contributed by atoms with E-state index in [1.165, 1.54) is 13.0 Å². The number of hydrogen-bond donors (Lipinski definition) is 0. The van der Waals surface area contributed by atoms with Crippen molar-refractivity contribution in [1.82, 2.24) is 0 Å². The van der Waals surface area contributed by atoms with Crippen LogP contribution in [0.5, 0.6) is 0 Å². The van der Waals surface area contributed by atoms with Crippen molar-refractivity contribution in [3.63, 3.8) is 0 Å². The zero-order valence-corrected chi connectivity index (χ0v) is 8.04. The second-order valence-electron chi connectivity index (χ2n) is 2.06. The molecule has 1 atom stereocenters. The summed E-state index contributed by atoms with van der Waals surface area (Å²) in [7, 11) is -2.05. The fraction of sp³-hybridized carbons (Fsp3) is 0.571. The van der Waals surface area contributed by atoms with Gasteiger partial charge in [-0.25, -0.2) is 0 Å². The van der Waals surface area contributed by atoms with E-state index in [-0.39, 0.29) is 25.3 Å². The van der Waals surface area contributed by atoms with Crippen molar-refractivity contribution in [3.05, 3.63) is 12.7 Å². The van der Waals surface area contributed by atoms with E-state index in [1.54, 1.807) is 0 Å². The summed E-state index contributed by atoms with van der Waals surface area (Å²) in [5, 5.41) is 0. The smallest absolute Gasteiger partial charge is 0.302 e. The molecule has 70 valence electrons. The Labute approximate surface area is 72.4 Å². The zero-order valence-electron chi connectivity index (χ0n) is 7.04. The second kappa shape index (κ2) is 7.07. The Hall–Kier alpha value is -0.600. The average molecular weight is 192 g/mol. The minimum absolute atomic E-state index is 0.157. The van der Waals surface area contributed by atoms with E-state index in [2.05, 4.69) is 11.3 Å². The van der Waals surface area contributed by atoms with Gasteiger partial charge in [-0.2, -0.15) is 0 Å². The molecule has 5 heteroatoms. The highest BCUT2D eigenvalue weighted by Gasteiger charge is 1.99. The van der Waals surface area contributed by atoms with Crippen LogP contribution in [0, 0.1) is 0 Å². The summed E-state index contributed by atoms with van der Waals surface area (Å²) in [6.45, 7) is 5.15. The van der Waals surface area contributed by atoms with Gasteiger partial charge in [-0.3, -0.25) is 9.36 Å². The Kier molecular flexibility index (Phi) is 6.72. The maximum atomic E-state index is 10.9. The lowest BCUT2D eigenvalue weighted by Gasteiger charge is -2.01. The first-order valence-electron chi connectivity index (χ1n) is 3.56. The van der Waals surface area contributed by atoms with Gasteiger partial charge >= 0.3 is 5.97 Å². The molecule has 0 saturated carbocycles. The highest BCUT2D eigenvalue weighted by atomic mass is 31.1. The maximum Gasteiger partial charge on any atom is 0.302 e. The summed E-state index contributed by atoms with van der Waals surface area (Å²) >= 11 is 0. The molecule has 0 amide bonds. The molecule has 0 aromatic heterocycles. The van der Waals surface area contributed by atoms with Crippen LogP contribution in [0.1, 0.15) is 6.92 Å². The molecule has 0 rings (SSSR count). The van der Waals surface area contributed by atoms with Crippen LogP contribution in [0.2, 0.25) is 0 Å². The van der Waals surface area contributed by atoms with Gasteiger partial charge in [-0.15, -0.1) is 6.58 Å². The van der Waals surface area contributed by atoms with Crippen molar-refractivity contribution >= 4 is 14.0 Å². The molecule has 12 heavy (non-hydrogen) atoms. The molecule has 1 unspecified atom stereocenters. The Bertz CT molecular complexity index is 178.